The minimum atomic E-state index is -0.315. The molecule has 6 heteroatoms. The van der Waals surface area contributed by atoms with Crippen molar-refractivity contribution in [3.05, 3.63) is 59.1 Å². The van der Waals surface area contributed by atoms with Crippen LogP contribution in [0.25, 0.3) is 0 Å². The molecule has 0 aliphatic rings. The summed E-state index contributed by atoms with van der Waals surface area (Å²) in [6.45, 7) is 0.463. The van der Waals surface area contributed by atoms with Gasteiger partial charge in [0.05, 0.1) is 7.11 Å². The number of nitrogens with one attached hydrogen (secondary N) is 2. The third-order valence-electron chi connectivity index (χ3n) is 2.90. The maximum absolute atomic E-state index is 11.7. The van der Waals surface area contributed by atoms with E-state index in [0.29, 0.717) is 23.1 Å². The first-order chi connectivity index (χ1) is 10.7. The van der Waals surface area contributed by atoms with E-state index in [4.69, 9.17) is 21.1 Å². The highest BCUT2D eigenvalue weighted by atomic mass is 35.5. The number of hydrogen-bond donors (Lipinski definition) is 2. The molecule has 0 saturated heterocycles. The molecule has 0 aliphatic heterocycles. The lowest BCUT2D eigenvalue weighted by atomic mass is 10.2. The van der Waals surface area contributed by atoms with Gasteiger partial charge in [-0.2, -0.15) is 0 Å². The average Bonchev–Trinajstić information content (AvgIpc) is 2.55. The molecule has 5 nitrogen and oxygen atoms in total. The summed E-state index contributed by atoms with van der Waals surface area (Å²) in [5.41, 5.74) is 0.963. The summed E-state index contributed by atoms with van der Waals surface area (Å²) >= 11 is 5.80. The largest absolute Gasteiger partial charge is 0.493 e. The second-order valence-corrected chi connectivity index (χ2v) is 4.86. The maximum atomic E-state index is 11.7. The van der Waals surface area contributed by atoms with Gasteiger partial charge in [0.25, 0.3) is 0 Å². The Labute approximate surface area is 134 Å². The van der Waals surface area contributed by atoms with Gasteiger partial charge in [0, 0.05) is 11.6 Å². The normalized spacial score (nSPS) is 9.91. The van der Waals surface area contributed by atoms with Gasteiger partial charge in [-0.1, -0.05) is 35.9 Å². The van der Waals surface area contributed by atoms with E-state index >= 15 is 0 Å². The highest BCUT2D eigenvalue weighted by Crippen LogP contribution is 2.25. The number of methoxy groups -OCH3 is 1. The molecule has 0 aliphatic carbocycles. The molecule has 0 aromatic heterocycles. The van der Waals surface area contributed by atoms with E-state index in [-0.39, 0.29) is 12.8 Å². The molecule has 0 spiro atoms. The summed E-state index contributed by atoms with van der Waals surface area (Å²) in [5, 5.41) is 6.00. The molecule has 0 atom stereocenters. The Hall–Kier alpha value is -2.40. The van der Waals surface area contributed by atoms with Crippen LogP contribution >= 0.6 is 11.6 Å². The Bertz CT molecular complexity index is 617. The second kappa shape index (κ2) is 8.14. The van der Waals surface area contributed by atoms with E-state index in [9.17, 15) is 4.79 Å². The number of amides is 2. The van der Waals surface area contributed by atoms with Crippen molar-refractivity contribution in [1.29, 1.82) is 0 Å². The van der Waals surface area contributed by atoms with Gasteiger partial charge in [0.15, 0.2) is 18.2 Å². The summed E-state index contributed by atoms with van der Waals surface area (Å²) in [6.07, 6.45) is 0. The number of carbonyl (C=O) groups is 1. The van der Waals surface area contributed by atoms with Gasteiger partial charge in [-0.3, -0.25) is 0 Å². The monoisotopic (exact) mass is 320 g/mol. The number of ether oxygens (including phenoxy) is 2. The van der Waals surface area contributed by atoms with Gasteiger partial charge in [-0.15, -0.1) is 0 Å². The van der Waals surface area contributed by atoms with Crippen molar-refractivity contribution in [2.45, 2.75) is 6.54 Å². The first kappa shape index (κ1) is 16.0. The van der Waals surface area contributed by atoms with Gasteiger partial charge in [0.2, 0.25) is 0 Å². The van der Waals surface area contributed by atoms with Crippen LogP contribution in [0, 0.1) is 0 Å². The quantitative estimate of drug-likeness (QED) is 0.804. The molecule has 2 rings (SSSR count). The van der Waals surface area contributed by atoms with Gasteiger partial charge in [-0.25, -0.2) is 4.79 Å². The molecule has 0 fully saturated rings. The Morgan fingerprint density at radius 2 is 1.73 bits per heavy atom. The number of rotatable bonds is 6. The molecule has 0 unspecified atom stereocenters. The molecular weight excluding hydrogens is 304 g/mol. The van der Waals surface area contributed by atoms with E-state index < -0.39 is 0 Å². The molecule has 0 bridgehead atoms. The number of urea groups is 1. The van der Waals surface area contributed by atoms with Crippen LogP contribution in [-0.4, -0.2) is 19.9 Å². The number of carbonyl (C=O) groups excluding carboxylic acids is 1. The average molecular weight is 321 g/mol. The molecule has 2 amide bonds. The summed E-state index contributed by atoms with van der Waals surface area (Å²) in [6, 6.07) is 14.2. The first-order valence-corrected chi connectivity index (χ1v) is 7.09. The highest BCUT2D eigenvalue weighted by Gasteiger charge is 2.04. The lowest BCUT2D eigenvalue weighted by Gasteiger charge is -2.11. The highest BCUT2D eigenvalue weighted by molar-refractivity contribution is 6.30. The van der Waals surface area contributed by atoms with Crippen molar-refractivity contribution in [2.75, 3.05) is 13.8 Å². The first-order valence-electron chi connectivity index (χ1n) is 6.71. The zero-order chi connectivity index (χ0) is 15.8. The van der Waals surface area contributed by atoms with E-state index in [2.05, 4.69) is 10.6 Å². The molecule has 116 valence electrons. The summed E-state index contributed by atoms with van der Waals surface area (Å²) in [4.78, 5) is 11.7. The van der Waals surface area contributed by atoms with Crippen LogP contribution in [0.1, 0.15) is 5.56 Å². The van der Waals surface area contributed by atoms with Crippen LogP contribution in [0.4, 0.5) is 4.79 Å². The Morgan fingerprint density at radius 1 is 1.05 bits per heavy atom. The molecule has 0 radical (unpaired) electrons. The van der Waals surface area contributed by atoms with Crippen LogP contribution in [0.2, 0.25) is 5.02 Å². The van der Waals surface area contributed by atoms with Crippen LogP contribution in [0.15, 0.2) is 48.5 Å². The van der Waals surface area contributed by atoms with Crippen molar-refractivity contribution < 1.29 is 14.3 Å². The van der Waals surface area contributed by atoms with E-state index in [0.717, 1.165) is 5.56 Å². The zero-order valence-corrected chi connectivity index (χ0v) is 12.9. The van der Waals surface area contributed by atoms with Crippen LogP contribution in [0.3, 0.4) is 0 Å². The molecule has 0 heterocycles. The van der Waals surface area contributed by atoms with Crippen molar-refractivity contribution >= 4 is 17.6 Å². The Kier molecular flexibility index (Phi) is 5.91. The lowest BCUT2D eigenvalue weighted by molar-refractivity contribution is 0.221. The van der Waals surface area contributed by atoms with Crippen molar-refractivity contribution in [3.8, 4) is 11.5 Å². The molecule has 2 aromatic carbocycles. The molecule has 0 saturated carbocycles. The standard InChI is InChI=1S/C16H17ClN2O3/c1-21-14-4-2-3-5-15(14)22-11-19-16(20)18-10-12-6-8-13(17)9-7-12/h2-9H,10-11H2,1H3,(H2,18,19,20). The minimum Gasteiger partial charge on any atom is -0.493 e. The number of hydrogen-bond acceptors (Lipinski definition) is 3. The van der Waals surface area contributed by atoms with Crippen molar-refractivity contribution in [2.24, 2.45) is 0 Å². The molecular formula is C16H17ClN2O3. The fraction of sp³-hybridized carbons (Fsp3) is 0.188. The fourth-order valence-electron chi connectivity index (χ4n) is 1.76. The summed E-state index contributed by atoms with van der Waals surface area (Å²) in [5.74, 6) is 1.19. The van der Waals surface area contributed by atoms with Gasteiger partial charge in [-0.05, 0) is 29.8 Å². The number of benzene rings is 2. The number of halogens is 1. The number of para-hydroxylation sites is 2. The Balaban J connectivity index is 1.72. The molecule has 22 heavy (non-hydrogen) atoms. The SMILES string of the molecule is COc1ccccc1OCNC(=O)NCc1ccc(Cl)cc1. The predicted molar refractivity (Wildman–Crippen MR) is 85.3 cm³/mol. The van der Waals surface area contributed by atoms with Gasteiger partial charge in [0.1, 0.15) is 0 Å². The van der Waals surface area contributed by atoms with E-state index in [1.54, 1.807) is 31.4 Å². The predicted octanol–water partition coefficient (Wildman–Crippen LogP) is 3.18. The van der Waals surface area contributed by atoms with Gasteiger partial charge < -0.3 is 20.1 Å². The topological polar surface area (TPSA) is 59.6 Å². The smallest absolute Gasteiger partial charge is 0.317 e. The van der Waals surface area contributed by atoms with Crippen molar-refractivity contribution in [1.82, 2.24) is 10.6 Å². The third kappa shape index (κ3) is 4.86. The van der Waals surface area contributed by atoms with Crippen LogP contribution < -0.4 is 20.1 Å². The summed E-state index contributed by atoms with van der Waals surface area (Å²) < 4.78 is 10.6. The second-order valence-electron chi connectivity index (χ2n) is 4.43. The fourth-order valence-corrected chi connectivity index (χ4v) is 1.89. The molecule has 2 aromatic rings. The minimum absolute atomic E-state index is 0.0484. The Morgan fingerprint density at radius 3 is 2.41 bits per heavy atom. The van der Waals surface area contributed by atoms with Crippen molar-refractivity contribution in [3.63, 3.8) is 0 Å². The maximum Gasteiger partial charge on any atom is 0.317 e. The van der Waals surface area contributed by atoms with Gasteiger partial charge >= 0.3 is 6.03 Å². The lowest BCUT2D eigenvalue weighted by Crippen LogP contribution is -2.37. The van der Waals surface area contributed by atoms with Crippen LogP contribution in [-0.2, 0) is 6.54 Å². The van der Waals surface area contributed by atoms with E-state index in [1.807, 2.05) is 24.3 Å². The summed E-state index contributed by atoms with van der Waals surface area (Å²) in [7, 11) is 1.56. The van der Waals surface area contributed by atoms with Crippen LogP contribution in [0.5, 0.6) is 11.5 Å². The third-order valence-corrected chi connectivity index (χ3v) is 3.15. The van der Waals surface area contributed by atoms with E-state index in [1.165, 1.54) is 0 Å². The zero-order valence-electron chi connectivity index (χ0n) is 12.1. The molecule has 2 N–H and O–H groups in total.